The number of benzene rings is 1. The normalized spacial score (nSPS) is 13.0. The van der Waals surface area contributed by atoms with Crippen LogP contribution >= 0.6 is 0 Å². The van der Waals surface area contributed by atoms with E-state index < -0.39 is 0 Å². The molecule has 5 heteroatoms. The summed E-state index contributed by atoms with van der Waals surface area (Å²) in [6.07, 6.45) is 9.66. The fraction of sp³-hybridized carbons (Fsp3) is 0.464. The highest BCUT2D eigenvalue weighted by Gasteiger charge is 2.06. The third-order valence-electron chi connectivity index (χ3n) is 5.13. The number of methoxy groups -OCH3 is 2. The molecular formula is C28H44N2O3. The highest BCUT2D eigenvalue weighted by Crippen LogP contribution is 2.21. The Hall–Kier alpha value is -2.63. The van der Waals surface area contributed by atoms with Crippen LogP contribution in [0.3, 0.4) is 0 Å². The van der Waals surface area contributed by atoms with Gasteiger partial charge in [-0.3, -0.25) is 4.79 Å². The van der Waals surface area contributed by atoms with Gasteiger partial charge in [0.25, 0.3) is 0 Å². The van der Waals surface area contributed by atoms with Crippen LogP contribution in [-0.4, -0.2) is 47.8 Å². The number of hydrogen-bond acceptors (Lipinski definition) is 5. The third-order valence-corrected chi connectivity index (χ3v) is 5.13. The average molecular weight is 457 g/mol. The zero-order valence-electron chi connectivity index (χ0n) is 21.9. The molecular weight excluding hydrogens is 412 g/mol. The maximum Gasteiger partial charge on any atom is 0.150 e. The van der Waals surface area contributed by atoms with Gasteiger partial charge in [-0.25, -0.2) is 0 Å². The van der Waals surface area contributed by atoms with Crippen molar-refractivity contribution in [1.82, 2.24) is 10.6 Å². The van der Waals surface area contributed by atoms with E-state index in [1.165, 1.54) is 16.7 Å². The van der Waals surface area contributed by atoms with E-state index in [1.54, 1.807) is 14.2 Å². The minimum atomic E-state index is 0.676. The summed E-state index contributed by atoms with van der Waals surface area (Å²) in [6, 6.07) is 8.07. The van der Waals surface area contributed by atoms with E-state index in [0.29, 0.717) is 5.57 Å². The lowest BCUT2D eigenvalue weighted by Gasteiger charge is -2.11. The maximum absolute atomic E-state index is 11.7. The number of hydrogen-bond donors (Lipinski definition) is 2. The molecule has 5 nitrogen and oxygen atoms in total. The smallest absolute Gasteiger partial charge is 0.150 e. The van der Waals surface area contributed by atoms with Crippen molar-refractivity contribution >= 4 is 6.29 Å². The van der Waals surface area contributed by atoms with Gasteiger partial charge in [0.1, 0.15) is 12.0 Å². The molecule has 33 heavy (non-hydrogen) atoms. The first kappa shape index (κ1) is 30.4. The van der Waals surface area contributed by atoms with Gasteiger partial charge in [0.2, 0.25) is 0 Å². The minimum absolute atomic E-state index is 0.676. The summed E-state index contributed by atoms with van der Waals surface area (Å²) in [4.78, 5) is 11.7. The van der Waals surface area contributed by atoms with Gasteiger partial charge in [-0.05, 0) is 81.2 Å². The van der Waals surface area contributed by atoms with E-state index >= 15 is 0 Å². The summed E-state index contributed by atoms with van der Waals surface area (Å²) in [6.45, 7) is 10.1. The monoisotopic (exact) mass is 456 g/mol. The zero-order chi connectivity index (χ0) is 25.1. The molecule has 0 radical (unpaired) electrons. The number of likely N-dealkylation sites (N-methyl/N-ethyl adjacent to an activating group) is 2. The Morgan fingerprint density at radius 2 is 1.82 bits per heavy atom. The van der Waals surface area contributed by atoms with Gasteiger partial charge in [0.15, 0.2) is 0 Å². The molecule has 0 saturated carbocycles. The van der Waals surface area contributed by atoms with Gasteiger partial charge in [-0.1, -0.05) is 37.6 Å². The second-order valence-electron chi connectivity index (χ2n) is 7.65. The van der Waals surface area contributed by atoms with E-state index in [-0.39, 0.29) is 0 Å². The Balaban J connectivity index is 0.00000150. The fourth-order valence-electron chi connectivity index (χ4n) is 3.06. The SMILES string of the molecule is CC/C=C(NC)/C(C)=C/C(C=O)=C\C(Cc1cccc(OC)c1)=C(C)CC.CNCCOC. The predicted octanol–water partition coefficient (Wildman–Crippen LogP) is 5.40. The van der Waals surface area contributed by atoms with Gasteiger partial charge < -0.3 is 20.1 Å². The number of ether oxygens (including phenoxy) is 2. The largest absolute Gasteiger partial charge is 0.497 e. The fourth-order valence-corrected chi connectivity index (χ4v) is 3.06. The highest BCUT2D eigenvalue weighted by molar-refractivity contribution is 5.79. The van der Waals surface area contributed by atoms with Crippen molar-refractivity contribution in [2.24, 2.45) is 0 Å². The van der Waals surface area contributed by atoms with Crippen molar-refractivity contribution in [3.8, 4) is 5.75 Å². The minimum Gasteiger partial charge on any atom is -0.497 e. The van der Waals surface area contributed by atoms with Crippen molar-refractivity contribution < 1.29 is 14.3 Å². The van der Waals surface area contributed by atoms with Crippen LogP contribution in [0.2, 0.25) is 0 Å². The van der Waals surface area contributed by atoms with Gasteiger partial charge >= 0.3 is 0 Å². The summed E-state index contributed by atoms with van der Waals surface area (Å²) >= 11 is 0. The van der Waals surface area contributed by atoms with Crippen molar-refractivity contribution in [2.75, 3.05) is 41.5 Å². The summed E-state index contributed by atoms with van der Waals surface area (Å²) in [7, 11) is 7.17. The summed E-state index contributed by atoms with van der Waals surface area (Å²) in [5.74, 6) is 0.847. The van der Waals surface area contributed by atoms with Crippen molar-refractivity contribution in [3.63, 3.8) is 0 Å². The lowest BCUT2D eigenvalue weighted by atomic mass is 9.96. The van der Waals surface area contributed by atoms with Crippen molar-refractivity contribution in [2.45, 2.75) is 47.0 Å². The Morgan fingerprint density at radius 3 is 2.30 bits per heavy atom. The molecule has 0 fully saturated rings. The standard InChI is InChI=1S/C24H33NO2.C4H11NO/c1-7-10-24(25-5)19(4)13-21(17-26)15-22(18(3)8-2)14-20-11-9-12-23(16-20)27-6;1-5-3-4-6-2/h9-13,15-17,25H,7-8,14H2,1-6H3;5H,3-4H2,1-2H3/b19-13+,21-15+,22-18?,24-10-;. The Labute approximate surface area is 201 Å². The number of nitrogens with one attached hydrogen (secondary N) is 2. The molecule has 0 amide bonds. The maximum atomic E-state index is 11.7. The van der Waals surface area contributed by atoms with Crippen LogP contribution in [0.5, 0.6) is 5.75 Å². The third kappa shape index (κ3) is 12.9. The molecule has 1 aromatic carbocycles. The van der Waals surface area contributed by atoms with Crippen molar-refractivity contribution in [1.29, 1.82) is 0 Å². The van der Waals surface area contributed by atoms with Crippen LogP contribution in [0.25, 0.3) is 0 Å². The van der Waals surface area contributed by atoms with Gasteiger partial charge in [0.05, 0.1) is 13.7 Å². The average Bonchev–Trinajstić information content (AvgIpc) is 2.84. The Kier molecular flexibility index (Phi) is 17.4. The highest BCUT2D eigenvalue weighted by atomic mass is 16.5. The zero-order valence-corrected chi connectivity index (χ0v) is 21.9. The predicted molar refractivity (Wildman–Crippen MR) is 141 cm³/mol. The number of aldehydes is 1. The van der Waals surface area contributed by atoms with E-state index in [9.17, 15) is 4.79 Å². The molecule has 0 heterocycles. The van der Waals surface area contributed by atoms with Gasteiger partial charge in [0, 0.05) is 32.0 Å². The first-order valence-electron chi connectivity index (χ1n) is 11.6. The van der Waals surface area contributed by atoms with Crippen LogP contribution in [0.1, 0.15) is 46.1 Å². The molecule has 0 spiro atoms. The second kappa shape index (κ2) is 18.9. The molecule has 0 saturated heterocycles. The molecule has 1 aromatic rings. The molecule has 184 valence electrons. The molecule has 1 rings (SSSR count). The summed E-state index contributed by atoms with van der Waals surface area (Å²) < 4.78 is 10.0. The van der Waals surface area contributed by atoms with Crippen LogP contribution in [0.15, 0.2) is 70.5 Å². The Bertz CT molecular complexity index is 816. The lowest BCUT2D eigenvalue weighted by molar-refractivity contribution is -0.104. The number of carbonyl (C=O) groups excluding carboxylic acids is 1. The van der Waals surface area contributed by atoms with Crippen molar-refractivity contribution in [3.05, 3.63) is 76.0 Å². The molecule has 0 aliphatic carbocycles. The van der Waals surface area contributed by atoms with E-state index in [4.69, 9.17) is 9.47 Å². The van der Waals surface area contributed by atoms with Crippen LogP contribution in [0, 0.1) is 0 Å². The molecule has 0 bridgehead atoms. The number of carbonyl (C=O) groups is 1. The lowest BCUT2D eigenvalue weighted by Crippen LogP contribution is -2.12. The van der Waals surface area contributed by atoms with E-state index in [2.05, 4.69) is 43.5 Å². The molecule has 2 N–H and O–H groups in total. The number of rotatable bonds is 13. The van der Waals surface area contributed by atoms with Gasteiger partial charge in [-0.15, -0.1) is 0 Å². The summed E-state index contributed by atoms with van der Waals surface area (Å²) in [5.41, 5.74) is 6.39. The van der Waals surface area contributed by atoms with Crippen LogP contribution < -0.4 is 15.4 Å². The molecule has 0 unspecified atom stereocenters. The quantitative estimate of drug-likeness (QED) is 0.180. The van der Waals surface area contributed by atoms with E-state index in [0.717, 1.165) is 55.7 Å². The molecule has 0 aliphatic rings. The van der Waals surface area contributed by atoms with Crippen LogP contribution in [0.4, 0.5) is 0 Å². The summed E-state index contributed by atoms with van der Waals surface area (Å²) in [5, 5.41) is 6.14. The molecule has 0 atom stereocenters. The van der Waals surface area contributed by atoms with E-state index in [1.807, 2.05) is 51.4 Å². The topological polar surface area (TPSA) is 59.6 Å². The number of allylic oxidation sites excluding steroid dienone is 7. The molecule has 0 aromatic heterocycles. The van der Waals surface area contributed by atoms with Gasteiger partial charge in [-0.2, -0.15) is 0 Å². The van der Waals surface area contributed by atoms with Crippen LogP contribution in [-0.2, 0) is 16.0 Å². The Morgan fingerprint density at radius 1 is 1.09 bits per heavy atom. The first-order valence-corrected chi connectivity index (χ1v) is 11.6. The second-order valence-corrected chi connectivity index (χ2v) is 7.65. The first-order chi connectivity index (χ1) is 15.9. The molecule has 0 aliphatic heterocycles.